The average molecular weight is 288 g/mol. The van der Waals surface area contributed by atoms with E-state index in [9.17, 15) is 9.90 Å². The van der Waals surface area contributed by atoms with Gasteiger partial charge in [-0.15, -0.1) is 0 Å². The number of aryl methyl sites for hydroxylation is 1. The smallest absolute Gasteiger partial charge is 0.335 e. The van der Waals surface area contributed by atoms with Crippen molar-refractivity contribution in [3.05, 3.63) is 29.6 Å². The van der Waals surface area contributed by atoms with E-state index in [1.165, 1.54) is 0 Å². The molecule has 5 heteroatoms. The number of benzene rings is 1. The number of rotatable bonds is 4. The fourth-order valence-electron chi connectivity index (χ4n) is 3.11. The van der Waals surface area contributed by atoms with Gasteiger partial charge in [-0.2, -0.15) is 0 Å². The van der Waals surface area contributed by atoms with E-state index in [2.05, 4.69) is 18.4 Å². The van der Waals surface area contributed by atoms with Crippen molar-refractivity contribution in [3.63, 3.8) is 0 Å². The van der Waals surface area contributed by atoms with Crippen molar-refractivity contribution < 1.29 is 14.6 Å². The van der Waals surface area contributed by atoms with Gasteiger partial charge in [-0.05, 0) is 38.0 Å². The zero-order valence-corrected chi connectivity index (χ0v) is 12.4. The molecule has 2 unspecified atom stereocenters. The molecule has 0 bridgehead atoms. The molecule has 0 spiro atoms. The molecule has 1 saturated heterocycles. The number of fused-ring (bicyclic) bond motifs is 1. The van der Waals surface area contributed by atoms with Crippen LogP contribution in [0, 0.1) is 0 Å². The van der Waals surface area contributed by atoms with Gasteiger partial charge in [0.25, 0.3) is 0 Å². The van der Waals surface area contributed by atoms with Gasteiger partial charge in [-0.3, -0.25) is 0 Å². The van der Waals surface area contributed by atoms with Crippen molar-refractivity contribution >= 4 is 17.0 Å². The number of carboxylic acid groups (broad SMARTS) is 1. The van der Waals surface area contributed by atoms with E-state index in [-0.39, 0.29) is 12.1 Å². The molecule has 5 nitrogen and oxygen atoms in total. The molecular formula is C16H20N2O3. The Kier molecular flexibility index (Phi) is 3.68. The average Bonchev–Trinajstić information content (AvgIpc) is 3.01. The Bertz CT molecular complexity index is 677. The number of hydrogen-bond acceptors (Lipinski definition) is 3. The monoisotopic (exact) mass is 288 g/mol. The maximum absolute atomic E-state index is 11.2. The van der Waals surface area contributed by atoms with Crippen molar-refractivity contribution in [2.45, 2.75) is 45.3 Å². The van der Waals surface area contributed by atoms with E-state index in [1.54, 1.807) is 18.2 Å². The first kappa shape index (κ1) is 14.1. The van der Waals surface area contributed by atoms with Gasteiger partial charge in [-0.25, -0.2) is 9.78 Å². The third kappa shape index (κ3) is 2.42. The van der Waals surface area contributed by atoms with Gasteiger partial charge in [0.2, 0.25) is 0 Å². The summed E-state index contributed by atoms with van der Waals surface area (Å²) in [6.07, 6.45) is 2.98. The van der Waals surface area contributed by atoms with E-state index in [0.29, 0.717) is 5.56 Å². The molecule has 0 radical (unpaired) electrons. The lowest BCUT2D eigenvalue weighted by molar-refractivity contribution is 0.0697. The van der Waals surface area contributed by atoms with Gasteiger partial charge in [-0.1, -0.05) is 6.92 Å². The quantitative estimate of drug-likeness (QED) is 0.939. The molecule has 0 saturated carbocycles. The second kappa shape index (κ2) is 5.48. The number of ether oxygens (including phenoxy) is 1. The molecular weight excluding hydrogens is 268 g/mol. The van der Waals surface area contributed by atoms with E-state index >= 15 is 0 Å². The number of aromatic nitrogens is 2. The van der Waals surface area contributed by atoms with Crippen LogP contribution in [0.4, 0.5) is 0 Å². The lowest BCUT2D eigenvalue weighted by atomic mass is 10.1. The predicted octanol–water partition coefficient (Wildman–Crippen LogP) is 3.04. The highest BCUT2D eigenvalue weighted by Gasteiger charge is 2.29. The lowest BCUT2D eigenvalue weighted by Gasteiger charge is -2.19. The summed E-state index contributed by atoms with van der Waals surface area (Å²) in [5, 5.41) is 9.21. The van der Waals surface area contributed by atoms with Crippen LogP contribution in [0.25, 0.3) is 11.0 Å². The summed E-state index contributed by atoms with van der Waals surface area (Å²) in [6.45, 7) is 4.94. The summed E-state index contributed by atoms with van der Waals surface area (Å²) in [4.78, 5) is 15.9. The van der Waals surface area contributed by atoms with E-state index in [4.69, 9.17) is 9.72 Å². The Morgan fingerprint density at radius 3 is 2.95 bits per heavy atom. The minimum absolute atomic E-state index is 0.131. The van der Waals surface area contributed by atoms with Crippen molar-refractivity contribution in [1.82, 2.24) is 9.55 Å². The molecule has 0 aliphatic carbocycles. The van der Waals surface area contributed by atoms with Crippen molar-refractivity contribution in [2.75, 3.05) is 6.61 Å². The molecule has 112 valence electrons. The van der Waals surface area contributed by atoms with Gasteiger partial charge >= 0.3 is 5.97 Å². The summed E-state index contributed by atoms with van der Waals surface area (Å²) in [7, 11) is 0. The second-order valence-corrected chi connectivity index (χ2v) is 5.59. The van der Waals surface area contributed by atoms with Gasteiger partial charge in [0, 0.05) is 13.0 Å². The molecule has 21 heavy (non-hydrogen) atoms. The van der Waals surface area contributed by atoms with E-state index in [1.807, 2.05) is 0 Å². The van der Waals surface area contributed by atoms with Crippen LogP contribution < -0.4 is 0 Å². The van der Waals surface area contributed by atoms with Crippen LogP contribution >= 0.6 is 0 Å². The third-order valence-electron chi connectivity index (χ3n) is 4.15. The summed E-state index contributed by atoms with van der Waals surface area (Å²) < 4.78 is 7.88. The topological polar surface area (TPSA) is 64.3 Å². The lowest BCUT2D eigenvalue weighted by Crippen LogP contribution is -2.19. The van der Waals surface area contributed by atoms with Crippen LogP contribution in [0.3, 0.4) is 0 Å². The van der Waals surface area contributed by atoms with Gasteiger partial charge in [0.1, 0.15) is 5.82 Å². The maximum Gasteiger partial charge on any atom is 0.335 e. The molecule has 2 atom stereocenters. The van der Waals surface area contributed by atoms with Crippen LogP contribution in [-0.2, 0) is 11.2 Å². The van der Waals surface area contributed by atoms with Gasteiger partial charge in [0.05, 0.1) is 28.7 Å². The Balaban J connectivity index is 2.18. The Morgan fingerprint density at radius 1 is 1.52 bits per heavy atom. The van der Waals surface area contributed by atoms with Crippen molar-refractivity contribution in [2.24, 2.45) is 0 Å². The Hall–Kier alpha value is -1.88. The highest BCUT2D eigenvalue weighted by Crippen LogP contribution is 2.32. The zero-order valence-electron chi connectivity index (χ0n) is 12.4. The number of hydrogen-bond donors (Lipinski definition) is 1. The first-order valence-electron chi connectivity index (χ1n) is 7.47. The fraction of sp³-hybridized carbons (Fsp3) is 0.500. The molecule has 3 rings (SSSR count). The fourth-order valence-corrected chi connectivity index (χ4v) is 3.11. The largest absolute Gasteiger partial charge is 0.478 e. The SMILES string of the molecule is CCCc1nc2ccc(C(=O)O)cc2n1C1CCOC1C. The van der Waals surface area contributed by atoms with Crippen LogP contribution in [0.15, 0.2) is 18.2 Å². The molecule has 2 aromatic rings. The summed E-state index contributed by atoms with van der Waals surface area (Å²) in [5.41, 5.74) is 2.07. The first-order chi connectivity index (χ1) is 10.1. The van der Waals surface area contributed by atoms with Gasteiger partial charge < -0.3 is 14.4 Å². The van der Waals surface area contributed by atoms with Crippen molar-refractivity contribution in [3.8, 4) is 0 Å². The first-order valence-corrected chi connectivity index (χ1v) is 7.47. The van der Waals surface area contributed by atoms with Crippen LogP contribution in [0.1, 0.15) is 48.9 Å². The molecule has 1 aliphatic heterocycles. The molecule has 2 heterocycles. The summed E-state index contributed by atoms with van der Waals surface area (Å²) in [5.74, 6) is 0.120. The van der Waals surface area contributed by atoms with Gasteiger partial charge in [0.15, 0.2) is 0 Å². The van der Waals surface area contributed by atoms with E-state index < -0.39 is 5.97 Å². The van der Waals surface area contributed by atoms with Crippen LogP contribution in [-0.4, -0.2) is 33.3 Å². The second-order valence-electron chi connectivity index (χ2n) is 5.59. The van der Waals surface area contributed by atoms with Crippen LogP contribution in [0.5, 0.6) is 0 Å². The Labute approximate surface area is 123 Å². The zero-order chi connectivity index (χ0) is 15.0. The predicted molar refractivity (Wildman–Crippen MR) is 79.8 cm³/mol. The number of carbonyl (C=O) groups is 1. The molecule has 0 amide bonds. The minimum atomic E-state index is -0.905. The normalized spacial score (nSPS) is 22.0. The molecule has 1 N–H and O–H groups in total. The third-order valence-corrected chi connectivity index (χ3v) is 4.15. The number of aromatic carboxylic acids is 1. The minimum Gasteiger partial charge on any atom is -0.478 e. The highest BCUT2D eigenvalue weighted by atomic mass is 16.5. The molecule has 1 fully saturated rings. The maximum atomic E-state index is 11.2. The summed E-state index contributed by atoms with van der Waals surface area (Å²) >= 11 is 0. The Morgan fingerprint density at radius 2 is 2.33 bits per heavy atom. The molecule has 1 aliphatic rings. The number of nitrogens with zero attached hydrogens (tertiary/aromatic N) is 2. The van der Waals surface area contributed by atoms with E-state index in [0.717, 1.165) is 42.7 Å². The number of imidazole rings is 1. The van der Waals surface area contributed by atoms with Crippen molar-refractivity contribution in [1.29, 1.82) is 0 Å². The summed E-state index contributed by atoms with van der Waals surface area (Å²) in [6, 6.07) is 5.39. The van der Waals surface area contributed by atoms with Crippen LogP contribution in [0.2, 0.25) is 0 Å². The standard InChI is InChI=1S/C16H20N2O3/c1-3-4-15-17-12-6-5-11(16(19)20)9-14(12)18(15)13-7-8-21-10(13)2/h5-6,9-10,13H,3-4,7-8H2,1-2H3,(H,19,20). The number of carboxylic acids is 1. The highest BCUT2D eigenvalue weighted by molar-refractivity contribution is 5.92. The molecule has 1 aromatic carbocycles. The molecule has 1 aromatic heterocycles.